The maximum atomic E-state index is 11.9. The predicted molar refractivity (Wildman–Crippen MR) is 100 cm³/mol. The molecule has 0 bridgehead atoms. The van der Waals surface area contributed by atoms with E-state index in [4.69, 9.17) is 4.99 Å². The van der Waals surface area contributed by atoms with Gasteiger partial charge in [-0.05, 0) is 68.3 Å². The van der Waals surface area contributed by atoms with Crippen molar-refractivity contribution in [1.29, 1.82) is 0 Å². The average molecular weight is 393 g/mol. The summed E-state index contributed by atoms with van der Waals surface area (Å²) in [5, 5.41) is 0. The molecule has 26 heavy (non-hydrogen) atoms. The molecule has 1 aliphatic rings. The fraction of sp³-hybridized carbons (Fsp3) is 0.250. The summed E-state index contributed by atoms with van der Waals surface area (Å²) in [6.45, 7) is 8.18. The summed E-state index contributed by atoms with van der Waals surface area (Å²) in [6.07, 6.45) is 3.09. The Hall–Kier alpha value is -2.46. The van der Waals surface area contributed by atoms with Crippen LogP contribution in [0.5, 0.6) is 0 Å². The van der Waals surface area contributed by atoms with Crippen molar-refractivity contribution in [2.45, 2.75) is 20.8 Å². The van der Waals surface area contributed by atoms with Crippen LogP contribution in [0.15, 0.2) is 52.3 Å². The second-order valence-electron chi connectivity index (χ2n) is 5.88. The number of carbonyl (C=O) groups is 1. The molecular formula is C20H20N3NiO2-. The van der Waals surface area contributed by atoms with E-state index in [-0.39, 0.29) is 28.0 Å². The molecule has 0 amide bonds. The van der Waals surface area contributed by atoms with Gasteiger partial charge in [0.15, 0.2) is 5.78 Å². The Bertz CT molecular complexity index is 940. The first-order valence-corrected chi connectivity index (χ1v) is 8.38. The standard InChI is InChI=1S/C20H21N3O2.Ni/c1-4-23(5-2)14-6-8-16(13(3)12-14)21-17-9-10-18(24)20-15(17)7-11-19(25)22-20;/h6-12H,4-5H2,1-3H3,(H,21,22,25);/p-1. The molecule has 1 heterocycles. The van der Waals surface area contributed by atoms with E-state index in [2.05, 4.69) is 35.9 Å². The van der Waals surface area contributed by atoms with Gasteiger partial charge in [-0.2, -0.15) is 0 Å². The van der Waals surface area contributed by atoms with Gasteiger partial charge in [-0.1, -0.05) is 11.8 Å². The molecule has 0 saturated carbocycles. The topological polar surface area (TPSA) is 63.8 Å². The summed E-state index contributed by atoms with van der Waals surface area (Å²) in [4.78, 5) is 34.2. The third kappa shape index (κ3) is 3.86. The molecule has 0 fully saturated rings. The van der Waals surface area contributed by atoms with E-state index in [1.807, 2.05) is 13.0 Å². The van der Waals surface area contributed by atoms with E-state index < -0.39 is 5.56 Å². The third-order valence-electron chi connectivity index (χ3n) is 4.32. The van der Waals surface area contributed by atoms with Crippen LogP contribution in [-0.4, -0.2) is 24.6 Å². The number of aryl methyl sites for hydroxylation is 1. The zero-order chi connectivity index (χ0) is 18.0. The SMILES string of the molecule is CCN(CC)c1ccc(N=C2C=CC(=O)c3[n-]c(=O)ccc32)c(C)c1.[Ni]. The fourth-order valence-electron chi connectivity index (χ4n) is 2.94. The fourth-order valence-corrected chi connectivity index (χ4v) is 2.94. The average Bonchev–Trinajstić information content (AvgIpc) is 2.60. The van der Waals surface area contributed by atoms with E-state index in [1.54, 1.807) is 12.1 Å². The molecular weight excluding hydrogens is 373 g/mol. The third-order valence-corrected chi connectivity index (χ3v) is 4.32. The first-order chi connectivity index (χ1) is 12.0. The quantitative estimate of drug-likeness (QED) is 0.750. The number of benzene rings is 1. The number of ketones is 1. The zero-order valence-corrected chi connectivity index (χ0v) is 15.9. The van der Waals surface area contributed by atoms with Crippen LogP contribution in [0.2, 0.25) is 0 Å². The summed E-state index contributed by atoms with van der Waals surface area (Å²) < 4.78 is 0. The number of pyridine rings is 1. The number of carbonyl (C=O) groups excluding carboxylic acids is 1. The Labute approximate surface area is 162 Å². The van der Waals surface area contributed by atoms with Gasteiger partial charge < -0.3 is 14.7 Å². The number of allylic oxidation sites excluding steroid dienone is 2. The van der Waals surface area contributed by atoms with Crippen LogP contribution in [0.25, 0.3) is 0 Å². The maximum absolute atomic E-state index is 11.9. The number of nitrogens with zero attached hydrogens (tertiary/aromatic N) is 3. The van der Waals surface area contributed by atoms with Gasteiger partial charge in [0.25, 0.3) is 0 Å². The molecule has 1 aromatic carbocycles. The minimum atomic E-state index is -0.415. The number of fused-ring (bicyclic) bond motifs is 1. The number of aromatic nitrogens is 1. The van der Waals surface area contributed by atoms with Crippen molar-refractivity contribution < 1.29 is 21.3 Å². The molecule has 0 atom stereocenters. The molecule has 0 N–H and O–H groups in total. The molecule has 6 heteroatoms. The van der Waals surface area contributed by atoms with Gasteiger partial charge in [0.2, 0.25) is 0 Å². The van der Waals surface area contributed by atoms with Crippen molar-refractivity contribution in [3.8, 4) is 0 Å². The molecule has 2 aromatic rings. The molecule has 0 aliphatic heterocycles. The molecule has 1 aliphatic carbocycles. The second-order valence-corrected chi connectivity index (χ2v) is 5.88. The van der Waals surface area contributed by atoms with Crippen molar-refractivity contribution in [2.75, 3.05) is 18.0 Å². The number of aliphatic imine (C=N–C) groups is 1. The van der Waals surface area contributed by atoms with Gasteiger partial charge in [0, 0.05) is 35.3 Å². The van der Waals surface area contributed by atoms with Gasteiger partial charge in [-0.3, -0.25) is 4.79 Å². The molecule has 138 valence electrons. The first-order valence-electron chi connectivity index (χ1n) is 8.38. The van der Waals surface area contributed by atoms with E-state index in [9.17, 15) is 9.59 Å². The molecule has 0 radical (unpaired) electrons. The van der Waals surface area contributed by atoms with E-state index >= 15 is 0 Å². The summed E-state index contributed by atoms with van der Waals surface area (Å²) in [7, 11) is 0. The smallest absolute Gasteiger partial charge is 0.164 e. The molecule has 5 nitrogen and oxygen atoms in total. The Balaban J connectivity index is 0.00000243. The molecule has 3 rings (SSSR count). The maximum Gasteiger partial charge on any atom is 0.164 e. The van der Waals surface area contributed by atoms with E-state index in [0.717, 1.165) is 24.3 Å². The van der Waals surface area contributed by atoms with Crippen molar-refractivity contribution in [3.63, 3.8) is 0 Å². The summed E-state index contributed by atoms with van der Waals surface area (Å²) >= 11 is 0. The van der Waals surface area contributed by atoms with Crippen molar-refractivity contribution in [2.24, 2.45) is 4.99 Å². The van der Waals surface area contributed by atoms with Crippen LogP contribution >= 0.6 is 0 Å². The van der Waals surface area contributed by atoms with Gasteiger partial charge in [0.1, 0.15) is 0 Å². The van der Waals surface area contributed by atoms with Gasteiger partial charge >= 0.3 is 0 Å². The Morgan fingerprint density at radius 3 is 2.42 bits per heavy atom. The minimum absolute atomic E-state index is 0. The van der Waals surface area contributed by atoms with Gasteiger partial charge in [0.05, 0.1) is 17.0 Å². The second kappa shape index (κ2) is 8.28. The zero-order valence-electron chi connectivity index (χ0n) is 14.9. The predicted octanol–water partition coefficient (Wildman–Crippen LogP) is 3.03. The Morgan fingerprint density at radius 1 is 1.04 bits per heavy atom. The van der Waals surface area contributed by atoms with E-state index in [1.165, 1.54) is 17.8 Å². The Kier molecular flexibility index (Phi) is 6.33. The molecule has 0 saturated heterocycles. The largest absolute Gasteiger partial charge is 0.619 e. The summed E-state index contributed by atoms with van der Waals surface area (Å²) in [6, 6.07) is 9.12. The summed E-state index contributed by atoms with van der Waals surface area (Å²) in [5.41, 5.74) is 4.05. The van der Waals surface area contributed by atoms with Crippen molar-refractivity contribution in [3.05, 3.63) is 69.7 Å². The van der Waals surface area contributed by atoms with Crippen LogP contribution < -0.4 is 15.4 Å². The van der Waals surface area contributed by atoms with Crippen LogP contribution in [-0.2, 0) is 16.5 Å². The minimum Gasteiger partial charge on any atom is -0.619 e. The van der Waals surface area contributed by atoms with E-state index in [0.29, 0.717) is 11.3 Å². The number of hydrogen-bond acceptors (Lipinski definition) is 4. The monoisotopic (exact) mass is 392 g/mol. The van der Waals surface area contributed by atoms with Gasteiger partial charge in [-0.15, -0.1) is 0 Å². The van der Waals surface area contributed by atoms with Crippen LogP contribution in [0.1, 0.15) is 35.5 Å². The number of anilines is 1. The Morgan fingerprint density at radius 2 is 1.77 bits per heavy atom. The molecule has 0 unspecified atom stereocenters. The van der Waals surface area contributed by atoms with Crippen LogP contribution in [0.4, 0.5) is 11.4 Å². The summed E-state index contributed by atoms with van der Waals surface area (Å²) in [5.74, 6) is -0.264. The first kappa shape index (κ1) is 19.9. The van der Waals surface area contributed by atoms with Crippen LogP contribution in [0.3, 0.4) is 0 Å². The molecule has 1 aromatic heterocycles. The number of rotatable bonds is 4. The molecule has 0 spiro atoms. The van der Waals surface area contributed by atoms with Crippen molar-refractivity contribution >= 4 is 22.9 Å². The number of hydrogen-bond donors (Lipinski definition) is 0. The van der Waals surface area contributed by atoms with Crippen molar-refractivity contribution in [1.82, 2.24) is 4.98 Å². The normalized spacial score (nSPS) is 14.1. The van der Waals surface area contributed by atoms with Crippen LogP contribution in [0, 0.1) is 6.92 Å². The van der Waals surface area contributed by atoms with Gasteiger partial charge in [-0.25, -0.2) is 4.99 Å².